The van der Waals surface area contributed by atoms with Crippen molar-refractivity contribution in [3.63, 3.8) is 0 Å². The van der Waals surface area contributed by atoms with Gasteiger partial charge in [-0.1, -0.05) is 43.2 Å². The van der Waals surface area contributed by atoms with Gasteiger partial charge in [-0.3, -0.25) is 9.59 Å². The summed E-state index contributed by atoms with van der Waals surface area (Å²) in [5.41, 5.74) is 3.03. The second-order valence-electron chi connectivity index (χ2n) is 8.68. The van der Waals surface area contributed by atoms with Crippen molar-refractivity contribution in [3.8, 4) is 0 Å². The molecule has 4 rings (SSSR count). The van der Waals surface area contributed by atoms with Gasteiger partial charge in [0, 0.05) is 17.3 Å². The maximum absolute atomic E-state index is 12.5. The number of fused-ring (bicyclic) bond motifs is 5. The van der Waals surface area contributed by atoms with E-state index in [0.717, 1.165) is 30.4 Å². The Labute approximate surface area is 149 Å². The first kappa shape index (κ1) is 16.3. The first-order valence-corrected chi connectivity index (χ1v) is 9.42. The Balaban J connectivity index is 1.85. The van der Waals surface area contributed by atoms with Crippen molar-refractivity contribution in [2.75, 3.05) is 0 Å². The lowest BCUT2D eigenvalue weighted by Crippen LogP contribution is -2.51. The summed E-state index contributed by atoms with van der Waals surface area (Å²) in [6, 6.07) is 0. The van der Waals surface area contributed by atoms with Crippen LogP contribution in [0.25, 0.3) is 0 Å². The molecule has 3 heteroatoms. The Bertz CT molecular complexity index is 743. The van der Waals surface area contributed by atoms with Crippen molar-refractivity contribution in [2.24, 2.45) is 28.6 Å². The number of allylic oxidation sites excluding steroid dienone is 5. The quantitative estimate of drug-likeness (QED) is 0.580. The lowest BCUT2D eigenvalue weighted by atomic mass is 9.46. The minimum Gasteiger partial charge on any atom is -0.299 e. The van der Waals surface area contributed by atoms with Gasteiger partial charge in [-0.15, -0.1) is 0 Å². The lowest BCUT2D eigenvalue weighted by molar-refractivity contribution is -0.130. The molecule has 3 fully saturated rings. The highest BCUT2D eigenvalue weighted by Gasteiger charge is 2.60. The second kappa shape index (κ2) is 4.94. The van der Waals surface area contributed by atoms with Crippen LogP contribution in [0.2, 0.25) is 0 Å². The number of Topliss-reactive ketones (excluding diaryl/α,β-unsaturated/α-hetero) is 1. The van der Waals surface area contributed by atoms with E-state index in [1.807, 2.05) is 0 Å². The van der Waals surface area contributed by atoms with Crippen LogP contribution in [0.4, 0.5) is 0 Å². The Morgan fingerprint density at radius 1 is 1.21 bits per heavy atom. The van der Waals surface area contributed by atoms with Crippen molar-refractivity contribution in [3.05, 3.63) is 34.4 Å². The molecule has 0 heterocycles. The Hall–Kier alpha value is -1.15. The zero-order valence-corrected chi connectivity index (χ0v) is 15.5. The summed E-state index contributed by atoms with van der Waals surface area (Å²) in [6.45, 7) is 10.9. The number of ketones is 2. The van der Waals surface area contributed by atoms with Crippen LogP contribution >= 0.6 is 11.6 Å². The van der Waals surface area contributed by atoms with E-state index in [2.05, 4.69) is 27.4 Å². The van der Waals surface area contributed by atoms with Crippen molar-refractivity contribution >= 4 is 23.2 Å². The molecule has 0 saturated heterocycles. The van der Waals surface area contributed by atoms with Crippen molar-refractivity contribution in [1.29, 1.82) is 0 Å². The molecule has 2 nitrogen and oxygen atoms in total. The molecule has 0 aliphatic heterocycles. The van der Waals surface area contributed by atoms with Crippen molar-refractivity contribution < 1.29 is 9.59 Å². The summed E-state index contributed by atoms with van der Waals surface area (Å²) in [4.78, 5) is 24.7. The molecule has 4 aliphatic carbocycles. The largest absolute Gasteiger partial charge is 0.299 e. The highest BCUT2D eigenvalue weighted by Crippen LogP contribution is 2.66. The van der Waals surface area contributed by atoms with Crippen LogP contribution in [-0.2, 0) is 9.59 Å². The third-order valence-corrected chi connectivity index (χ3v) is 8.29. The van der Waals surface area contributed by atoms with E-state index in [9.17, 15) is 9.59 Å². The third kappa shape index (κ3) is 1.78. The molecule has 128 valence electrons. The molecule has 0 bridgehead atoms. The molecule has 0 aromatic rings. The molecule has 0 aromatic heterocycles. The van der Waals surface area contributed by atoms with Gasteiger partial charge < -0.3 is 0 Å². The maximum atomic E-state index is 12.5. The number of carbonyl (C=O) groups excluding carboxylic acids is 2. The van der Waals surface area contributed by atoms with Crippen LogP contribution < -0.4 is 0 Å². The van der Waals surface area contributed by atoms with Gasteiger partial charge in [0.05, 0.1) is 5.03 Å². The average Bonchev–Trinajstić information content (AvgIpc) is 2.83. The van der Waals surface area contributed by atoms with E-state index in [0.29, 0.717) is 41.4 Å². The Kier molecular flexibility index (Phi) is 3.36. The molecule has 0 aromatic carbocycles. The van der Waals surface area contributed by atoms with E-state index < -0.39 is 0 Å². The molecule has 24 heavy (non-hydrogen) atoms. The van der Waals surface area contributed by atoms with E-state index in [-0.39, 0.29) is 16.6 Å². The first-order valence-electron chi connectivity index (χ1n) is 9.04. The number of rotatable bonds is 0. The fourth-order valence-electron chi connectivity index (χ4n) is 6.28. The van der Waals surface area contributed by atoms with Crippen LogP contribution in [-0.4, -0.2) is 11.6 Å². The first-order chi connectivity index (χ1) is 11.2. The van der Waals surface area contributed by atoms with Gasteiger partial charge in [-0.25, -0.2) is 0 Å². The van der Waals surface area contributed by atoms with Gasteiger partial charge in [-0.05, 0) is 62.0 Å². The topological polar surface area (TPSA) is 34.1 Å². The highest BCUT2D eigenvalue weighted by atomic mass is 35.5. The molecule has 5 atom stereocenters. The molecular weight excluding hydrogens is 320 g/mol. The molecule has 4 aliphatic rings. The monoisotopic (exact) mass is 344 g/mol. The van der Waals surface area contributed by atoms with E-state index in [1.54, 1.807) is 6.08 Å². The van der Waals surface area contributed by atoms with Crippen LogP contribution in [0.1, 0.15) is 52.9 Å². The number of carbonyl (C=O) groups is 2. The average molecular weight is 345 g/mol. The lowest BCUT2D eigenvalue weighted by Gasteiger charge is -2.57. The minimum atomic E-state index is -0.173. The molecule has 0 spiro atoms. The zero-order valence-electron chi connectivity index (χ0n) is 14.7. The number of halogens is 1. The Morgan fingerprint density at radius 3 is 2.62 bits per heavy atom. The fraction of sp³-hybridized carbons (Fsp3) is 0.619. The van der Waals surface area contributed by atoms with Gasteiger partial charge in [0.15, 0.2) is 5.78 Å². The molecular formula is C21H25ClO2. The van der Waals surface area contributed by atoms with Crippen molar-refractivity contribution in [1.82, 2.24) is 0 Å². The fourth-order valence-corrected chi connectivity index (χ4v) is 6.59. The second-order valence-corrected chi connectivity index (χ2v) is 9.06. The molecule has 3 saturated carbocycles. The highest BCUT2D eigenvalue weighted by molar-refractivity contribution is 6.45. The van der Waals surface area contributed by atoms with Gasteiger partial charge in [0.25, 0.3) is 0 Å². The number of hydrogen-bond acceptors (Lipinski definition) is 2. The summed E-state index contributed by atoms with van der Waals surface area (Å²) in [5.74, 6) is 1.54. The van der Waals surface area contributed by atoms with Crippen LogP contribution in [0.5, 0.6) is 0 Å². The van der Waals surface area contributed by atoms with E-state index in [1.165, 1.54) is 5.57 Å². The summed E-state index contributed by atoms with van der Waals surface area (Å²) >= 11 is 6.44. The normalized spacial score (nSPS) is 44.9. The van der Waals surface area contributed by atoms with Gasteiger partial charge in [-0.2, -0.15) is 0 Å². The van der Waals surface area contributed by atoms with E-state index >= 15 is 0 Å². The van der Waals surface area contributed by atoms with Gasteiger partial charge in [0.1, 0.15) is 5.78 Å². The maximum Gasteiger partial charge on any atom is 0.197 e. The molecule has 0 N–H and O–H groups in total. The number of hydrogen-bond donors (Lipinski definition) is 0. The van der Waals surface area contributed by atoms with Gasteiger partial charge >= 0.3 is 0 Å². The van der Waals surface area contributed by atoms with Crippen LogP contribution in [0.3, 0.4) is 0 Å². The predicted octanol–water partition coefficient (Wildman–Crippen LogP) is 4.99. The van der Waals surface area contributed by atoms with Gasteiger partial charge in [0.2, 0.25) is 0 Å². The van der Waals surface area contributed by atoms with Crippen LogP contribution in [0.15, 0.2) is 34.4 Å². The minimum absolute atomic E-state index is 0.0652. The standard InChI is InChI=1S/C21H25ClO2/c1-11-9-15-19(22)16(23)10-12(2)21(15,4)14-7-8-20(3)13(18(11)14)5-6-17(20)24/h10,13-14,18H,1,5-9H2,2-4H3/t13-,14+,18-,20-,21+/m0/s1. The SMILES string of the molecule is C=C1CC2=C(Cl)C(=O)C=C(C)[C@]2(C)[C@@H]2CC[C@]3(C)C(=O)CC[C@H]3[C@H]12. The Morgan fingerprint density at radius 2 is 1.92 bits per heavy atom. The summed E-state index contributed by atoms with van der Waals surface area (Å²) in [6.07, 6.45) is 6.09. The molecule has 0 amide bonds. The van der Waals surface area contributed by atoms with Crippen LogP contribution in [0, 0.1) is 28.6 Å². The predicted molar refractivity (Wildman–Crippen MR) is 95.6 cm³/mol. The molecule has 0 unspecified atom stereocenters. The van der Waals surface area contributed by atoms with Crippen molar-refractivity contribution in [2.45, 2.75) is 52.9 Å². The summed E-state index contributed by atoms with van der Waals surface area (Å²) in [7, 11) is 0. The third-order valence-electron chi connectivity index (χ3n) is 7.87. The summed E-state index contributed by atoms with van der Waals surface area (Å²) < 4.78 is 0. The smallest absolute Gasteiger partial charge is 0.197 e. The zero-order chi connectivity index (χ0) is 17.4. The molecule has 0 radical (unpaired) electrons. The summed E-state index contributed by atoms with van der Waals surface area (Å²) in [5, 5.41) is 0.401. The van der Waals surface area contributed by atoms with E-state index in [4.69, 9.17) is 11.6 Å².